The van der Waals surface area contributed by atoms with Crippen LogP contribution < -0.4 is 9.47 Å². The quantitative estimate of drug-likeness (QED) is 0.627. The molecule has 0 atom stereocenters. The SMILES string of the molecule is COc1cccc(CCCN2CCN(C)CC2)c1OCc1cccc(C(F)(F)F)c1. The number of hydrogen-bond acceptors (Lipinski definition) is 4. The van der Waals surface area contributed by atoms with Gasteiger partial charge in [0.1, 0.15) is 6.61 Å². The number of alkyl halides is 3. The average Bonchev–Trinajstić information content (AvgIpc) is 2.73. The highest BCUT2D eigenvalue weighted by atomic mass is 19.4. The average molecular weight is 422 g/mol. The lowest BCUT2D eigenvalue weighted by molar-refractivity contribution is -0.137. The molecule has 0 aliphatic carbocycles. The number of benzene rings is 2. The van der Waals surface area contributed by atoms with Gasteiger partial charge in [0.15, 0.2) is 11.5 Å². The van der Waals surface area contributed by atoms with Crippen LogP contribution in [0.2, 0.25) is 0 Å². The lowest BCUT2D eigenvalue weighted by atomic mass is 10.1. The van der Waals surface area contributed by atoms with Gasteiger partial charge < -0.3 is 19.3 Å². The molecule has 0 saturated carbocycles. The number of para-hydroxylation sites is 1. The second kappa shape index (κ2) is 10.2. The summed E-state index contributed by atoms with van der Waals surface area (Å²) < 4.78 is 50.3. The van der Waals surface area contributed by atoms with Gasteiger partial charge >= 0.3 is 6.18 Å². The van der Waals surface area contributed by atoms with Crippen molar-refractivity contribution in [2.75, 3.05) is 46.9 Å². The third-order valence-electron chi connectivity index (χ3n) is 5.43. The summed E-state index contributed by atoms with van der Waals surface area (Å²) in [5.41, 5.74) is 0.811. The van der Waals surface area contributed by atoms with Crippen molar-refractivity contribution in [1.82, 2.24) is 9.80 Å². The van der Waals surface area contributed by atoms with Crippen molar-refractivity contribution in [2.24, 2.45) is 0 Å². The molecule has 30 heavy (non-hydrogen) atoms. The summed E-state index contributed by atoms with van der Waals surface area (Å²) in [6, 6.07) is 11.0. The van der Waals surface area contributed by atoms with E-state index in [1.54, 1.807) is 13.2 Å². The molecule has 3 rings (SSSR count). The van der Waals surface area contributed by atoms with Crippen LogP contribution in [0.5, 0.6) is 11.5 Å². The first-order valence-corrected chi connectivity index (χ1v) is 10.2. The molecule has 2 aromatic carbocycles. The minimum absolute atomic E-state index is 0.0513. The molecule has 0 bridgehead atoms. The van der Waals surface area contributed by atoms with Crippen LogP contribution in [-0.2, 0) is 19.2 Å². The Kier molecular flexibility index (Phi) is 7.61. The largest absolute Gasteiger partial charge is 0.493 e. The number of rotatable bonds is 8. The van der Waals surface area contributed by atoms with Crippen molar-refractivity contribution in [1.29, 1.82) is 0 Å². The van der Waals surface area contributed by atoms with Gasteiger partial charge in [0.25, 0.3) is 0 Å². The predicted octanol–water partition coefficient (Wildman–Crippen LogP) is 4.47. The summed E-state index contributed by atoms with van der Waals surface area (Å²) in [7, 11) is 3.71. The van der Waals surface area contributed by atoms with Crippen LogP contribution in [0.3, 0.4) is 0 Å². The van der Waals surface area contributed by atoms with E-state index < -0.39 is 11.7 Å². The minimum atomic E-state index is -4.37. The van der Waals surface area contributed by atoms with Crippen molar-refractivity contribution < 1.29 is 22.6 Å². The Labute approximate surface area is 176 Å². The molecule has 0 spiro atoms. The van der Waals surface area contributed by atoms with Gasteiger partial charge in [0.05, 0.1) is 12.7 Å². The highest BCUT2D eigenvalue weighted by Crippen LogP contribution is 2.34. The first kappa shape index (κ1) is 22.4. The fourth-order valence-electron chi connectivity index (χ4n) is 3.64. The van der Waals surface area contributed by atoms with Crippen LogP contribution in [0.1, 0.15) is 23.1 Å². The van der Waals surface area contributed by atoms with Gasteiger partial charge in [-0.25, -0.2) is 0 Å². The van der Waals surface area contributed by atoms with E-state index in [-0.39, 0.29) is 6.61 Å². The monoisotopic (exact) mass is 422 g/mol. The molecule has 0 N–H and O–H groups in total. The molecule has 0 aromatic heterocycles. The van der Waals surface area contributed by atoms with E-state index in [0.29, 0.717) is 17.1 Å². The summed E-state index contributed by atoms with van der Waals surface area (Å²) in [6.45, 7) is 5.39. The van der Waals surface area contributed by atoms with E-state index in [1.165, 1.54) is 6.07 Å². The van der Waals surface area contributed by atoms with Crippen LogP contribution in [0.15, 0.2) is 42.5 Å². The van der Waals surface area contributed by atoms with Gasteiger partial charge in [-0.1, -0.05) is 24.3 Å². The lowest BCUT2D eigenvalue weighted by Gasteiger charge is -2.32. The maximum absolute atomic E-state index is 13.0. The number of ether oxygens (including phenoxy) is 2. The van der Waals surface area contributed by atoms with E-state index in [1.807, 2.05) is 18.2 Å². The van der Waals surface area contributed by atoms with Crippen LogP contribution in [-0.4, -0.2) is 56.7 Å². The fraction of sp³-hybridized carbons (Fsp3) is 0.478. The Balaban J connectivity index is 1.64. The number of methoxy groups -OCH3 is 1. The molecule has 7 heteroatoms. The molecule has 4 nitrogen and oxygen atoms in total. The summed E-state index contributed by atoms with van der Waals surface area (Å²) >= 11 is 0. The molecule has 2 aromatic rings. The van der Waals surface area contributed by atoms with Gasteiger partial charge in [-0.3, -0.25) is 0 Å². The molecular weight excluding hydrogens is 393 g/mol. The number of halogens is 3. The zero-order valence-corrected chi connectivity index (χ0v) is 17.5. The Bertz CT molecular complexity index is 818. The highest BCUT2D eigenvalue weighted by molar-refractivity contribution is 5.47. The number of hydrogen-bond donors (Lipinski definition) is 0. The van der Waals surface area contributed by atoms with E-state index in [9.17, 15) is 13.2 Å². The Hall–Kier alpha value is -2.25. The molecule has 0 amide bonds. The number of piperazine rings is 1. The number of likely N-dealkylation sites (N-methyl/N-ethyl adjacent to an activating group) is 1. The minimum Gasteiger partial charge on any atom is -0.493 e. The molecule has 1 aliphatic rings. The molecule has 1 aliphatic heterocycles. The van der Waals surface area contributed by atoms with Crippen LogP contribution >= 0.6 is 0 Å². The van der Waals surface area contributed by atoms with Crippen molar-refractivity contribution in [3.05, 3.63) is 59.2 Å². The van der Waals surface area contributed by atoms with E-state index >= 15 is 0 Å². The normalized spacial score (nSPS) is 15.9. The number of aryl methyl sites for hydroxylation is 1. The second-order valence-corrected chi connectivity index (χ2v) is 7.68. The molecule has 164 valence electrons. The molecule has 1 saturated heterocycles. The molecule has 0 radical (unpaired) electrons. The van der Waals surface area contributed by atoms with Crippen LogP contribution in [0, 0.1) is 0 Å². The molecule has 1 fully saturated rings. The van der Waals surface area contributed by atoms with Gasteiger partial charge in [-0.2, -0.15) is 13.2 Å². The van der Waals surface area contributed by atoms with Crippen molar-refractivity contribution in [3.8, 4) is 11.5 Å². The van der Waals surface area contributed by atoms with E-state index in [2.05, 4.69) is 16.8 Å². The summed E-state index contributed by atoms with van der Waals surface area (Å²) in [4.78, 5) is 4.79. The topological polar surface area (TPSA) is 24.9 Å². The maximum atomic E-state index is 13.0. The molecule has 1 heterocycles. The third kappa shape index (κ3) is 6.12. The summed E-state index contributed by atoms with van der Waals surface area (Å²) in [6.07, 6.45) is -2.56. The summed E-state index contributed by atoms with van der Waals surface area (Å²) in [5.74, 6) is 1.20. The smallest absolute Gasteiger partial charge is 0.416 e. The zero-order valence-electron chi connectivity index (χ0n) is 17.5. The molecular formula is C23H29F3N2O2. The Morgan fingerprint density at radius 2 is 1.73 bits per heavy atom. The Morgan fingerprint density at radius 1 is 1.00 bits per heavy atom. The van der Waals surface area contributed by atoms with Crippen molar-refractivity contribution in [2.45, 2.75) is 25.6 Å². The van der Waals surface area contributed by atoms with Crippen LogP contribution in [0.4, 0.5) is 13.2 Å². The predicted molar refractivity (Wildman–Crippen MR) is 111 cm³/mol. The van der Waals surface area contributed by atoms with Gasteiger partial charge in [-0.05, 0) is 55.8 Å². The first-order chi connectivity index (χ1) is 14.4. The zero-order chi connectivity index (χ0) is 21.6. The second-order valence-electron chi connectivity index (χ2n) is 7.68. The molecule has 0 unspecified atom stereocenters. The summed E-state index contributed by atoms with van der Waals surface area (Å²) in [5, 5.41) is 0. The maximum Gasteiger partial charge on any atom is 0.416 e. The van der Waals surface area contributed by atoms with Crippen molar-refractivity contribution in [3.63, 3.8) is 0 Å². The highest BCUT2D eigenvalue weighted by Gasteiger charge is 2.30. The van der Waals surface area contributed by atoms with Gasteiger partial charge in [0, 0.05) is 26.2 Å². The van der Waals surface area contributed by atoms with Crippen molar-refractivity contribution >= 4 is 0 Å². The standard InChI is InChI=1S/C23H29F3N2O2/c1-27-12-14-28(15-13-27)11-5-8-19-7-4-10-21(29-2)22(19)30-17-18-6-3-9-20(16-18)23(24,25)26/h3-4,6-7,9-10,16H,5,8,11-15,17H2,1-2H3. The Morgan fingerprint density at radius 3 is 2.43 bits per heavy atom. The van der Waals surface area contributed by atoms with Crippen LogP contribution in [0.25, 0.3) is 0 Å². The number of nitrogens with zero attached hydrogens (tertiary/aromatic N) is 2. The first-order valence-electron chi connectivity index (χ1n) is 10.2. The van der Waals surface area contributed by atoms with Gasteiger partial charge in [-0.15, -0.1) is 0 Å². The lowest BCUT2D eigenvalue weighted by Crippen LogP contribution is -2.44. The van der Waals surface area contributed by atoms with E-state index in [0.717, 1.165) is 63.3 Å². The van der Waals surface area contributed by atoms with Gasteiger partial charge in [0.2, 0.25) is 0 Å². The third-order valence-corrected chi connectivity index (χ3v) is 5.43. The fourth-order valence-corrected chi connectivity index (χ4v) is 3.64. The van der Waals surface area contributed by atoms with E-state index in [4.69, 9.17) is 9.47 Å².